The van der Waals surface area contributed by atoms with E-state index in [9.17, 15) is 4.39 Å². The van der Waals surface area contributed by atoms with Crippen molar-refractivity contribution < 1.29 is 18.4 Å². The van der Waals surface area contributed by atoms with Crippen LogP contribution >= 0.6 is 11.8 Å². The smallest absolute Gasteiger partial charge is 0.252 e. The molecule has 8 heteroatoms. The summed E-state index contributed by atoms with van der Waals surface area (Å²) in [6.07, 6.45) is 2.02. The molecule has 1 aromatic heterocycles. The van der Waals surface area contributed by atoms with Gasteiger partial charge in [0.05, 0.1) is 24.9 Å². The molecule has 25 heavy (non-hydrogen) atoms. The molecule has 4 unspecified atom stereocenters. The Morgan fingerprint density at radius 2 is 2.36 bits per heavy atom. The number of halogens is 1. The maximum atomic E-state index is 13.9. The Balaban J connectivity index is 1.25. The summed E-state index contributed by atoms with van der Waals surface area (Å²) in [5.41, 5.74) is 0.752. The fraction of sp³-hybridized carbons (Fsp3) is 0.529. The molecule has 2 aliphatic heterocycles. The highest BCUT2D eigenvalue weighted by Gasteiger charge is 2.70. The van der Waals surface area contributed by atoms with Gasteiger partial charge in [-0.2, -0.15) is 4.98 Å². The fourth-order valence-corrected chi connectivity index (χ4v) is 4.71. The van der Waals surface area contributed by atoms with Crippen LogP contribution in [-0.2, 0) is 16.1 Å². The van der Waals surface area contributed by atoms with Crippen LogP contribution in [0.1, 0.15) is 5.89 Å². The van der Waals surface area contributed by atoms with Gasteiger partial charge in [-0.15, -0.1) is 11.8 Å². The van der Waals surface area contributed by atoms with Crippen molar-refractivity contribution in [3.8, 4) is 11.4 Å². The Morgan fingerprint density at radius 1 is 1.44 bits per heavy atom. The molecule has 2 saturated heterocycles. The molecule has 1 N–H and O–H groups in total. The van der Waals surface area contributed by atoms with Crippen LogP contribution in [0, 0.1) is 17.7 Å². The molecule has 2 aromatic rings. The number of rotatable bonds is 5. The van der Waals surface area contributed by atoms with Crippen LogP contribution in [0.4, 0.5) is 4.39 Å². The van der Waals surface area contributed by atoms with Crippen LogP contribution in [0.2, 0.25) is 0 Å². The molecule has 0 bridgehead atoms. The number of nitrogens with one attached hydrogen (secondary N) is 1. The maximum absolute atomic E-state index is 13.9. The van der Waals surface area contributed by atoms with Crippen molar-refractivity contribution in [2.24, 2.45) is 11.8 Å². The van der Waals surface area contributed by atoms with E-state index >= 15 is 0 Å². The first-order chi connectivity index (χ1) is 12.2. The average molecular weight is 363 g/mol. The number of aromatic nitrogens is 2. The first-order valence-electron chi connectivity index (χ1n) is 8.32. The summed E-state index contributed by atoms with van der Waals surface area (Å²) in [7, 11) is 0. The second kappa shape index (κ2) is 5.77. The number of hydrogen-bond donors (Lipinski definition) is 1. The minimum atomic E-state index is -0.280. The summed E-state index contributed by atoms with van der Waals surface area (Å²) in [6.45, 7) is 2.77. The molecule has 3 heterocycles. The zero-order valence-corrected chi connectivity index (χ0v) is 14.5. The van der Waals surface area contributed by atoms with Crippen molar-refractivity contribution in [3.63, 3.8) is 0 Å². The van der Waals surface area contributed by atoms with Crippen LogP contribution in [0.3, 0.4) is 0 Å². The lowest BCUT2D eigenvalue weighted by Crippen LogP contribution is -2.83. The molecule has 3 fully saturated rings. The van der Waals surface area contributed by atoms with Crippen LogP contribution < -0.4 is 5.32 Å². The molecule has 6 nitrogen and oxygen atoms in total. The molecule has 4 atom stereocenters. The van der Waals surface area contributed by atoms with Crippen molar-refractivity contribution in [1.29, 1.82) is 0 Å². The molecular formula is C17H18FN3O3S. The number of hydrogen-bond acceptors (Lipinski definition) is 7. The van der Waals surface area contributed by atoms with Crippen LogP contribution in [0.15, 0.2) is 27.6 Å². The van der Waals surface area contributed by atoms with E-state index < -0.39 is 0 Å². The normalized spacial score (nSPS) is 32.6. The fourth-order valence-electron chi connectivity index (χ4n) is 4.25. The highest BCUT2D eigenvalue weighted by Crippen LogP contribution is 2.54. The molecule has 1 aliphatic carbocycles. The van der Waals surface area contributed by atoms with Crippen LogP contribution in [0.25, 0.3) is 11.4 Å². The summed E-state index contributed by atoms with van der Waals surface area (Å²) >= 11 is 1.36. The van der Waals surface area contributed by atoms with Crippen molar-refractivity contribution in [1.82, 2.24) is 15.5 Å². The molecule has 3 aliphatic rings. The van der Waals surface area contributed by atoms with Gasteiger partial charge in [0.15, 0.2) is 0 Å². The quantitative estimate of drug-likeness (QED) is 0.816. The Hall–Kier alpha value is -1.48. The lowest BCUT2D eigenvalue weighted by Gasteiger charge is -2.64. The van der Waals surface area contributed by atoms with Gasteiger partial charge in [0, 0.05) is 28.8 Å². The summed E-state index contributed by atoms with van der Waals surface area (Å²) in [5, 5.41) is 7.44. The van der Waals surface area contributed by atoms with E-state index in [0.717, 1.165) is 19.8 Å². The first kappa shape index (κ1) is 15.7. The first-order valence-corrected chi connectivity index (χ1v) is 9.54. The van der Waals surface area contributed by atoms with E-state index in [4.69, 9.17) is 14.0 Å². The minimum absolute atomic E-state index is 0.154. The van der Waals surface area contributed by atoms with Crippen LogP contribution in [-0.4, -0.2) is 47.8 Å². The van der Waals surface area contributed by atoms with Crippen molar-refractivity contribution in [2.45, 2.75) is 23.1 Å². The maximum Gasteiger partial charge on any atom is 0.252 e. The van der Waals surface area contributed by atoms with Crippen molar-refractivity contribution >= 4 is 11.8 Å². The third kappa shape index (κ3) is 2.28. The van der Waals surface area contributed by atoms with E-state index in [-0.39, 0.29) is 24.1 Å². The number of thioether (sulfide) groups is 1. The van der Waals surface area contributed by atoms with Gasteiger partial charge < -0.3 is 19.3 Å². The average Bonchev–Trinajstić information content (AvgIpc) is 3.24. The van der Waals surface area contributed by atoms with Gasteiger partial charge >= 0.3 is 0 Å². The second-order valence-corrected chi connectivity index (χ2v) is 7.63. The Morgan fingerprint density at radius 3 is 3.12 bits per heavy atom. The van der Waals surface area contributed by atoms with E-state index in [1.807, 2.05) is 6.26 Å². The molecule has 0 amide bonds. The van der Waals surface area contributed by atoms with Crippen molar-refractivity contribution in [3.05, 3.63) is 29.9 Å². The van der Waals surface area contributed by atoms with E-state index in [0.29, 0.717) is 34.0 Å². The highest BCUT2D eigenvalue weighted by molar-refractivity contribution is 7.98. The van der Waals surface area contributed by atoms with Gasteiger partial charge in [0.25, 0.3) is 5.89 Å². The molecule has 1 spiro atoms. The number of piperidine rings is 1. The van der Waals surface area contributed by atoms with E-state index in [2.05, 4.69) is 15.5 Å². The van der Waals surface area contributed by atoms with Gasteiger partial charge in [-0.1, -0.05) is 5.16 Å². The number of nitrogens with zero attached hydrogens (tertiary/aromatic N) is 2. The molecule has 1 aromatic carbocycles. The van der Waals surface area contributed by atoms with Crippen molar-refractivity contribution in [2.75, 3.05) is 26.0 Å². The monoisotopic (exact) mass is 363 g/mol. The minimum Gasteiger partial charge on any atom is -0.379 e. The van der Waals surface area contributed by atoms with E-state index in [1.165, 1.54) is 17.8 Å². The molecule has 0 radical (unpaired) electrons. The van der Waals surface area contributed by atoms with Crippen LogP contribution in [0.5, 0.6) is 0 Å². The predicted octanol–water partition coefficient (Wildman–Crippen LogP) is 2.10. The third-order valence-electron chi connectivity index (χ3n) is 5.68. The zero-order valence-electron chi connectivity index (χ0n) is 13.7. The third-order valence-corrected chi connectivity index (χ3v) is 6.45. The molecule has 5 rings (SSSR count). The molecule has 132 valence electrons. The second-order valence-electron chi connectivity index (χ2n) is 6.79. The lowest BCUT2D eigenvalue weighted by molar-refractivity contribution is -0.197. The van der Waals surface area contributed by atoms with Gasteiger partial charge in [-0.05, 0) is 24.5 Å². The highest BCUT2D eigenvalue weighted by atomic mass is 32.2. The molecular weight excluding hydrogens is 345 g/mol. The Kier molecular flexibility index (Phi) is 3.63. The zero-order chi connectivity index (χ0) is 17.0. The summed E-state index contributed by atoms with van der Waals surface area (Å²) < 4.78 is 30.8. The summed E-state index contributed by atoms with van der Waals surface area (Å²) in [5.74, 6) is 1.42. The lowest BCUT2D eigenvalue weighted by atomic mass is 9.53. The SMILES string of the molecule is CSc1ccc(-c2noc(COC3C4CNC45COCC35)n2)cc1F. The van der Waals surface area contributed by atoms with Gasteiger partial charge in [-0.3, -0.25) is 0 Å². The summed E-state index contributed by atoms with van der Waals surface area (Å²) in [6, 6.07) is 4.94. The van der Waals surface area contributed by atoms with E-state index in [1.54, 1.807) is 12.1 Å². The molecule has 1 saturated carbocycles. The predicted molar refractivity (Wildman–Crippen MR) is 88.6 cm³/mol. The Labute approximate surface area is 148 Å². The standard InChI is InChI=1S/C17H18FN3O3S/c1-25-13-3-2-9(4-12(13)18)16-20-14(24-21-16)7-23-15-10-5-19-17(10)8-22-6-11(15)17/h2-4,10-11,15,19H,5-8H2,1H3. The summed E-state index contributed by atoms with van der Waals surface area (Å²) in [4.78, 5) is 4.92. The number of ether oxygens (including phenoxy) is 2. The van der Waals surface area contributed by atoms with Gasteiger partial charge in [-0.25, -0.2) is 4.39 Å². The van der Waals surface area contributed by atoms with Gasteiger partial charge in [0.1, 0.15) is 12.4 Å². The number of benzene rings is 1. The largest absolute Gasteiger partial charge is 0.379 e. The topological polar surface area (TPSA) is 69.4 Å². The van der Waals surface area contributed by atoms with Gasteiger partial charge in [0.2, 0.25) is 5.82 Å². The Bertz CT molecular complexity index is 816.